The van der Waals surface area contributed by atoms with E-state index in [1.54, 1.807) is 17.5 Å². The topological polar surface area (TPSA) is 121 Å². The lowest BCUT2D eigenvalue weighted by Gasteiger charge is -2.50. The number of nitrogens with one attached hydrogen (secondary N) is 2. The summed E-state index contributed by atoms with van der Waals surface area (Å²) in [5.74, 6) is -0.186. The third-order valence-corrected chi connectivity index (χ3v) is 11.6. The highest BCUT2D eigenvalue weighted by Crippen LogP contribution is 2.55. The molecule has 3 saturated carbocycles. The van der Waals surface area contributed by atoms with Gasteiger partial charge in [0.05, 0.1) is 23.2 Å². The number of carbonyl (C=O) groups excluding carboxylic acids is 4. The number of ether oxygens (including phenoxy) is 1. The van der Waals surface area contributed by atoms with Crippen LogP contribution in [0.2, 0.25) is 0 Å². The molecule has 43 heavy (non-hydrogen) atoms. The van der Waals surface area contributed by atoms with E-state index in [9.17, 15) is 19.2 Å². The van der Waals surface area contributed by atoms with Gasteiger partial charge < -0.3 is 25.2 Å². The van der Waals surface area contributed by atoms with Crippen molar-refractivity contribution in [2.24, 2.45) is 28.6 Å². The van der Waals surface area contributed by atoms with E-state index >= 15 is 0 Å². The summed E-state index contributed by atoms with van der Waals surface area (Å²) in [6.45, 7) is 8.18. The lowest BCUT2D eigenvalue weighted by atomic mass is 9.70. The first-order valence-electron chi connectivity index (χ1n) is 16.2. The normalized spacial score (nSPS) is 27.3. The molecule has 5 fully saturated rings. The summed E-state index contributed by atoms with van der Waals surface area (Å²) in [4.78, 5) is 62.9. The van der Waals surface area contributed by atoms with Crippen LogP contribution in [-0.2, 0) is 19.1 Å². The minimum atomic E-state index is -0.851. The molecule has 10 nitrogen and oxygen atoms in total. The lowest BCUT2D eigenvalue weighted by Crippen LogP contribution is -2.65. The second kappa shape index (κ2) is 11.8. The Hall–Kier alpha value is -2.53. The molecule has 11 heteroatoms. The van der Waals surface area contributed by atoms with Gasteiger partial charge in [0.25, 0.3) is 5.91 Å². The quantitative estimate of drug-likeness (QED) is 0.418. The molecule has 5 aliphatic rings. The molecule has 0 radical (unpaired) electrons. The molecule has 6 rings (SSSR count). The Morgan fingerprint density at radius 3 is 2.35 bits per heavy atom. The predicted molar refractivity (Wildman–Crippen MR) is 162 cm³/mol. The zero-order chi connectivity index (χ0) is 30.5. The van der Waals surface area contributed by atoms with Gasteiger partial charge in [-0.2, -0.15) is 0 Å². The number of aromatic nitrogens is 1. The number of amides is 4. The fourth-order valence-corrected chi connectivity index (χ4v) is 8.37. The van der Waals surface area contributed by atoms with Gasteiger partial charge in [-0.1, -0.05) is 33.1 Å². The maximum atomic E-state index is 14.1. The van der Waals surface area contributed by atoms with Gasteiger partial charge in [-0.25, -0.2) is 4.98 Å². The third-order valence-electron chi connectivity index (χ3n) is 10.8. The van der Waals surface area contributed by atoms with Crippen LogP contribution >= 0.6 is 11.3 Å². The van der Waals surface area contributed by atoms with Crippen LogP contribution in [0.15, 0.2) is 5.51 Å². The summed E-state index contributed by atoms with van der Waals surface area (Å²) >= 11 is 1.37. The largest absolute Gasteiger partial charge is 0.376 e. The van der Waals surface area contributed by atoms with E-state index in [0.717, 1.165) is 37.8 Å². The molecule has 2 aliphatic heterocycles. The average molecular weight is 614 g/mol. The first kappa shape index (κ1) is 30.5. The first-order chi connectivity index (χ1) is 20.5. The Balaban J connectivity index is 1.17. The third kappa shape index (κ3) is 6.08. The molecule has 0 aromatic carbocycles. The van der Waals surface area contributed by atoms with E-state index in [4.69, 9.17) is 4.74 Å². The van der Waals surface area contributed by atoms with Crippen LogP contribution in [0.25, 0.3) is 0 Å². The fraction of sp³-hybridized carbons (Fsp3) is 0.781. The number of hydrogen-bond donors (Lipinski definition) is 2. The molecule has 0 unspecified atom stereocenters. The van der Waals surface area contributed by atoms with Gasteiger partial charge in [0.1, 0.15) is 10.9 Å². The van der Waals surface area contributed by atoms with Crippen molar-refractivity contribution in [3.8, 4) is 0 Å². The molecule has 1 aromatic rings. The second-order valence-electron chi connectivity index (χ2n) is 14.5. The summed E-state index contributed by atoms with van der Waals surface area (Å²) in [6, 6.07) is -0.851. The maximum Gasteiger partial charge on any atom is 0.265 e. The minimum absolute atomic E-state index is 0.0220. The summed E-state index contributed by atoms with van der Waals surface area (Å²) < 4.78 is 6.17. The number of carbonyl (C=O) groups is 4. The maximum absolute atomic E-state index is 14.1. The van der Waals surface area contributed by atoms with Crippen LogP contribution in [0, 0.1) is 28.6 Å². The highest BCUT2D eigenvalue weighted by Gasteiger charge is 2.62. The van der Waals surface area contributed by atoms with Gasteiger partial charge >= 0.3 is 0 Å². The number of likely N-dealkylation sites (N-methyl/N-ethyl adjacent to an activating group) is 1. The van der Waals surface area contributed by atoms with Crippen molar-refractivity contribution < 1.29 is 23.9 Å². The summed E-state index contributed by atoms with van der Waals surface area (Å²) in [6.07, 6.45) is 8.42. The van der Waals surface area contributed by atoms with Crippen LogP contribution < -0.4 is 10.6 Å². The lowest BCUT2D eigenvalue weighted by molar-refractivity contribution is -0.152. The molecule has 4 atom stereocenters. The molecule has 1 aromatic heterocycles. The van der Waals surface area contributed by atoms with Crippen molar-refractivity contribution in [1.82, 2.24) is 25.4 Å². The van der Waals surface area contributed by atoms with E-state index in [1.165, 1.54) is 30.6 Å². The second-order valence-corrected chi connectivity index (χ2v) is 15.4. The molecule has 0 bridgehead atoms. The SMILES string of the molecule is CNC(=O)[C@@H](NC(=O)[C@@H]1CN(C(=O)c2scnc2C2CC2)CC12CN(C(=O)[C@H]1CC1(C)C)C2)[C@@H](C)OCC1CCCCC1. The summed E-state index contributed by atoms with van der Waals surface area (Å²) in [7, 11) is 1.56. The average Bonchev–Trinajstić information content (AvgIpc) is 3.82. The van der Waals surface area contributed by atoms with E-state index < -0.39 is 23.5 Å². The molecule has 236 valence electrons. The molecule has 2 saturated heterocycles. The molecule has 3 aliphatic carbocycles. The van der Waals surface area contributed by atoms with Crippen molar-refractivity contribution in [1.29, 1.82) is 0 Å². The Morgan fingerprint density at radius 1 is 1.05 bits per heavy atom. The van der Waals surface area contributed by atoms with Gasteiger partial charge in [-0.05, 0) is 50.4 Å². The number of rotatable bonds is 10. The van der Waals surface area contributed by atoms with Gasteiger partial charge in [-0.15, -0.1) is 11.3 Å². The van der Waals surface area contributed by atoms with Gasteiger partial charge in [-0.3, -0.25) is 19.2 Å². The highest BCUT2D eigenvalue weighted by atomic mass is 32.1. The smallest absolute Gasteiger partial charge is 0.265 e. The van der Waals surface area contributed by atoms with Crippen LogP contribution in [0.3, 0.4) is 0 Å². The Labute approximate surface area is 258 Å². The summed E-state index contributed by atoms with van der Waals surface area (Å²) in [5, 5.41) is 5.71. The fourth-order valence-electron chi connectivity index (χ4n) is 7.53. The van der Waals surface area contributed by atoms with Crippen LogP contribution in [-0.4, -0.2) is 90.4 Å². The van der Waals surface area contributed by atoms with Crippen molar-refractivity contribution >= 4 is 35.0 Å². The van der Waals surface area contributed by atoms with E-state index in [0.29, 0.717) is 43.0 Å². The van der Waals surface area contributed by atoms with Gasteiger partial charge in [0.2, 0.25) is 17.7 Å². The molecule has 4 amide bonds. The Morgan fingerprint density at radius 2 is 1.72 bits per heavy atom. The van der Waals surface area contributed by atoms with Crippen molar-refractivity contribution in [2.45, 2.75) is 90.2 Å². The molecule has 3 heterocycles. The van der Waals surface area contributed by atoms with Crippen molar-refractivity contribution in [2.75, 3.05) is 39.8 Å². The highest BCUT2D eigenvalue weighted by molar-refractivity contribution is 7.11. The van der Waals surface area contributed by atoms with Gasteiger partial charge in [0, 0.05) is 57.1 Å². The van der Waals surface area contributed by atoms with Gasteiger partial charge in [0.15, 0.2) is 0 Å². The Kier molecular flexibility index (Phi) is 8.34. The molecule has 2 N–H and O–H groups in total. The number of nitrogens with zero attached hydrogens (tertiary/aromatic N) is 3. The zero-order valence-electron chi connectivity index (χ0n) is 26.0. The molecular weight excluding hydrogens is 566 g/mol. The van der Waals surface area contributed by atoms with Crippen molar-refractivity contribution in [3.05, 3.63) is 16.1 Å². The monoisotopic (exact) mass is 613 g/mol. The minimum Gasteiger partial charge on any atom is -0.376 e. The van der Waals surface area contributed by atoms with E-state index in [1.807, 2.05) is 11.8 Å². The molecule has 1 spiro atoms. The zero-order valence-corrected chi connectivity index (χ0v) is 26.8. The number of likely N-dealkylation sites (tertiary alicyclic amines) is 2. The van der Waals surface area contributed by atoms with Crippen molar-refractivity contribution in [3.63, 3.8) is 0 Å². The van der Waals surface area contributed by atoms with E-state index in [-0.39, 0.29) is 41.5 Å². The Bertz CT molecular complexity index is 1250. The first-order valence-corrected chi connectivity index (χ1v) is 17.1. The molecular formula is C32H47N5O5S. The number of hydrogen-bond acceptors (Lipinski definition) is 7. The van der Waals surface area contributed by atoms with Crippen LogP contribution in [0.1, 0.15) is 93.4 Å². The predicted octanol–water partition coefficient (Wildman–Crippen LogP) is 3.18. The number of thiazole rings is 1. The van der Waals surface area contributed by atoms with E-state index in [2.05, 4.69) is 29.5 Å². The standard InChI is InChI=1S/C32H47N5O5S/c1-19(42-14-20-8-6-5-7-9-20)24(28(39)33-4)35-27(38)23-13-36(30(41)26-25(21-10-11-21)34-18-43-26)15-32(23)16-37(17-32)29(40)22-12-31(22,2)3/h18-24H,5-17H2,1-4H3,(H,33,39)(H,35,38)/t19-,22-,23+,24+/m1/s1. The van der Waals surface area contributed by atoms with Crippen LogP contribution in [0.5, 0.6) is 0 Å². The van der Waals surface area contributed by atoms with Crippen LogP contribution in [0.4, 0.5) is 0 Å². The summed E-state index contributed by atoms with van der Waals surface area (Å²) in [5.41, 5.74) is 2.09.